The molecule has 0 spiro atoms. The normalized spacial score (nSPS) is 15.1. The molecule has 2 aromatic carbocycles. The predicted octanol–water partition coefficient (Wildman–Crippen LogP) is 2.50. The molecule has 3 rings (SSSR count). The first-order chi connectivity index (χ1) is 13.0. The van der Waals surface area contributed by atoms with Crippen LogP contribution in [0.2, 0.25) is 0 Å². The Morgan fingerprint density at radius 2 is 1.67 bits per heavy atom. The van der Waals surface area contributed by atoms with E-state index in [1.807, 2.05) is 30.3 Å². The third-order valence-corrected chi connectivity index (χ3v) is 6.66. The van der Waals surface area contributed by atoms with E-state index in [9.17, 15) is 13.2 Å². The third kappa shape index (κ3) is 5.16. The smallest absolute Gasteiger partial charge is 0.243 e. The zero-order chi connectivity index (χ0) is 19.3. The van der Waals surface area contributed by atoms with Gasteiger partial charge < -0.3 is 9.64 Å². The molecule has 0 aliphatic carbocycles. The van der Waals surface area contributed by atoms with E-state index in [4.69, 9.17) is 4.74 Å². The maximum Gasteiger partial charge on any atom is 0.243 e. The lowest BCUT2D eigenvalue weighted by Crippen LogP contribution is -2.46. The summed E-state index contributed by atoms with van der Waals surface area (Å²) in [7, 11) is -3.82. The summed E-state index contributed by atoms with van der Waals surface area (Å²) in [6.07, 6.45) is 0. The molecule has 1 amide bonds. The molecule has 0 bridgehead atoms. The van der Waals surface area contributed by atoms with Crippen LogP contribution in [0, 0.1) is 0 Å². The van der Waals surface area contributed by atoms with Gasteiger partial charge in [-0.15, -0.1) is 0 Å². The number of sulfonamides is 1. The number of halogens is 1. The van der Waals surface area contributed by atoms with E-state index in [0.717, 1.165) is 10.0 Å². The number of amides is 1. The van der Waals surface area contributed by atoms with Gasteiger partial charge in [-0.3, -0.25) is 4.79 Å². The minimum atomic E-state index is -3.82. The van der Waals surface area contributed by atoms with Gasteiger partial charge in [-0.25, -0.2) is 8.42 Å². The van der Waals surface area contributed by atoms with Gasteiger partial charge in [-0.05, 0) is 29.8 Å². The summed E-state index contributed by atoms with van der Waals surface area (Å²) in [6, 6.07) is 15.7. The Morgan fingerprint density at radius 1 is 1.04 bits per heavy atom. The Kier molecular flexibility index (Phi) is 6.64. The van der Waals surface area contributed by atoms with Gasteiger partial charge in [0.2, 0.25) is 15.9 Å². The van der Waals surface area contributed by atoms with Crippen LogP contribution in [-0.4, -0.2) is 56.4 Å². The monoisotopic (exact) mass is 452 g/mol. The minimum Gasteiger partial charge on any atom is -0.378 e. The van der Waals surface area contributed by atoms with Gasteiger partial charge in [0.05, 0.1) is 24.7 Å². The van der Waals surface area contributed by atoms with Gasteiger partial charge in [0.15, 0.2) is 0 Å². The van der Waals surface area contributed by atoms with Crippen LogP contribution < -0.4 is 0 Å². The summed E-state index contributed by atoms with van der Waals surface area (Å²) in [6.45, 7) is 1.85. The number of benzene rings is 2. The fourth-order valence-electron chi connectivity index (χ4n) is 2.83. The minimum absolute atomic E-state index is 0.134. The van der Waals surface area contributed by atoms with Crippen molar-refractivity contribution in [2.24, 2.45) is 0 Å². The van der Waals surface area contributed by atoms with E-state index in [-0.39, 0.29) is 23.9 Å². The van der Waals surface area contributed by atoms with E-state index >= 15 is 0 Å². The average Bonchev–Trinajstić information content (AvgIpc) is 2.69. The van der Waals surface area contributed by atoms with Crippen molar-refractivity contribution in [1.29, 1.82) is 0 Å². The van der Waals surface area contributed by atoms with E-state index in [0.29, 0.717) is 26.3 Å². The number of hydrogen-bond donors (Lipinski definition) is 0. The van der Waals surface area contributed by atoms with Crippen LogP contribution in [-0.2, 0) is 26.1 Å². The second-order valence-corrected chi connectivity index (χ2v) is 9.06. The molecule has 1 heterocycles. The van der Waals surface area contributed by atoms with Crippen molar-refractivity contribution in [3.63, 3.8) is 0 Å². The van der Waals surface area contributed by atoms with Crippen molar-refractivity contribution in [3.8, 4) is 0 Å². The fourth-order valence-corrected chi connectivity index (χ4v) is 4.47. The first-order valence-electron chi connectivity index (χ1n) is 8.62. The van der Waals surface area contributed by atoms with Gasteiger partial charge in [0.25, 0.3) is 0 Å². The molecule has 0 aromatic heterocycles. The second-order valence-electron chi connectivity index (χ2n) is 6.21. The zero-order valence-electron chi connectivity index (χ0n) is 14.8. The summed E-state index contributed by atoms with van der Waals surface area (Å²) in [5.74, 6) is -0.213. The van der Waals surface area contributed by atoms with E-state index in [1.54, 1.807) is 17.0 Å². The molecule has 0 unspecified atom stereocenters. The van der Waals surface area contributed by atoms with Crippen molar-refractivity contribution in [2.45, 2.75) is 11.4 Å². The molecule has 0 atom stereocenters. The van der Waals surface area contributed by atoms with Crippen molar-refractivity contribution < 1.29 is 17.9 Å². The average molecular weight is 453 g/mol. The molecule has 144 valence electrons. The number of carbonyl (C=O) groups excluding carboxylic acids is 1. The van der Waals surface area contributed by atoms with Gasteiger partial charge in [0, 0.05) is 24.1 Å². The molecule has 1 aliphatic heterocycles. The molecule has 6 nitrogen and oxygen atoms in total. The van der Waals surface area contributed by atoms with E-state index in [1.165, 1.54) is 16.4 Å². The summed E-state index contributed by atoms with van der Waals surface area (Å²) in [4.78, 5) is 14.5. The van der Waals surface area contributed by atoms with Crippen molar-refractivity contribution >= 4 is 31.9 Å². The van der Waals surface area contributed by atoms with Crippen LogP contribution >= 0.6 is 15.9 Å². The quantitative estimate of drug-likeness (QED) is 0.674. The number of nitrogens with zero attached hydrogens (tertiary/aromatic N) is 2. The van der Waals surface area contributed by atoms with Gasteiger partial charge in [-0.1, -0.05) is 46.3 Å². The van der Waals surface area contributed by atoms with Crippen LogP contribution in [0.5, 0.6) is 0 Å². The Balaban J connectivity index is 1.86. The molecule has 27 heavy (non-hydrogen) atoms. The van der Waals surface area contributed by atoms with Gasteiger partial charge in [0.1, 0.15) is 0 Å². The zero-order valence-corrected chi connectivity index (χ0v) is 17.2. The number of morpholine rings is 1. The van der Waals surface area contributed by atoms with Crippen LogP contribution in [0.25, 0.3) is 0 Å². The predicted molar refractivity (Wildman–Crippen MR) is 106 cm³/mol. The lowest BCUT2D eigenvalue weighted by molar-refractivity contribution is -0.135. The molecule has 0 saturated carbocycles. The number of rotatable bonds is 6. The lowest BCUT2D eigenvalue weighted by Gasteiger charge is -2.29. The first-order valence-corrected chi connectivity index (χ1v) is 10.9. The van der Waals surface area contributed by atoms with Gasteiger partial charge >= 0.3 is 0 Å². The molecule has 1 saturated heterocycles. The van der Waals surface area contributed by atoms with Crippen LogP contribution in [0.3, 0.4) is 0 Å². The topological polar surface area (TPSA) is 66.9 Å². The van der Waals surface area contributed by atoms with Crippen LogP contribution in [0.1, 0.15) is 5.56 Å². The highest BCUT2D eigenvalue weighted by molar-refractivity contribution is 9.10. The van der Waals surface area contributed by atoms with Crippen LogP contribution in [0.4, 0.5) is 0 Å². The highest BCUT2D eigenvalue weighted by Gasteiger charge is 2.29. The van der Waals surface area contributed by atoms with Crippen molar-refractivity contribution in [1.82, 2.24) is 9.21 Å². The maximum atomic E-state index is 13.2. The molecular weight excluding hydrogens is 432 g/mol. The van der Waals surface area contributed by atoms with Crippen molar-refractivity contribution in [3.05, 3.63) is 64.6 Å². The number of hydrogen-bond acceptors (Lipinski definition) is 4. The van der Waals surface area contributed by atoms with Crippen molar-refractivity contribution in [2.75, 3.05) is 32.8 Å². The van der Waals surface area contributed by atoms with E-state index < -0.39 is 10.0 Å². The number of carbonyl (C=O) groups is 1. The molecule has 0 N–H and O–H groups in total. The Labute approximate surface area is 167 Å². The summed E-state index contributed by atoms with van der Waals surface area (Å²) in [5.41, 5.74) is 0.827. The molecular formula is C19H21BrN2O4S. The summed E-state index contributed by atoms with van der Waals surface area (Å²) >= 11 is 3.31. The fraction of sp³-hybridized carbons (Fsp3) is 0.316. The highest BCUT2D eigenvalue weighted by atomic mass is 79.9. The molecule has 0 radical (unpaired) electrons. The molecule has 2 aromatic rings. The molecule has 8 heteroatoms. The van der Waals surface area contributed by atoms with E-state index in [2.05, 4.69) is 15.9 Å². The Bertz CT molecular complexity index is 866. The van der Waals surface area contributed by atoms with Gasteiger partial charge in [-0.2, -0.15) is 4.31 Å². The molecule has 1 aliphatic rings. The molecule has 1 fully saturated rings. The lowest BCUT2D eigenvalue weighted by atomic mass is 10.2. The summed E-state index contributed by atoms with van der Waals surface area (Å²) in [5, 5.41) is 0. The Hall–Kier alpha value is -1.74. The standard InChI is InChI=1S/C19H21BrN2O4S/c20-17-6-8-18(9-7-17)27(24,25)22(14-16-4-2-1-3-5-16)15-19(23)21-10-12-26-13-11-21/h1-9H,10-15H2. The first kappa shape index (κ1) is 20.0. The second kappa shape index (κ2) is 8.97. The third-order valence-electron chi connectivity index (χ3n) is 4.33. The highest BCUT2D eigenvalue weighted by Crippen LogP contribution is 2.21. The largest absolute Gasteiger partial charge is 0.378 e. The summed E-state index contributed by atoms with van der Waals surface area (Å²) < 4.78 is 33.7. The SMILES string of the molecule is O=C(CN(Cc1ccccc1)S(=O)(=O)c1ccc(Br)cc1)N1CCOCC1. The Morgan fingerprint density at radius 3 is 2.30 bits per heavy atom. The van der Waals surface area contributed by atoms with Crippen LogP contribution in [0.15, 0.2) is 64.0 Å². The number of ether oxygens (including phenoxy) is 1. The maximum absolute atomic E-state index is 13.2.